The van der Waals surface area contributed by atoms with Crippen LogP contribution in [0.4, 0.5) is 18.0 Å². The molecule has 11 heteroatoms. The number of amides is 3. The largest absolute Gasteiger partial charge is 0.471 e. The monoisotopic (exact) mass is 471 g/mol. The number of aromatic nitrogens is 2. The Balaban J connectivity index is 1.43. The van der Waals surface area contributed by atoms with Crippen molar-refractivity contribution in [3.63, 3.8) is 0 Å². The third kappa shape index (κ3) is 3.87. The Labute approximate surface area is 192 Å². The molecule has 0 radical (unpaired) electrons. The van der Waals surface area contributed by atoms with Crippen LogP contribution in [0.2, 0.25) is 0 Å². The average Bonchev–Trinajstić information content (AvgIpc) is 3.45. The molecule has 176 valence electrons. The van der Waals surface area contributed by atoms with Crippen LogP contribution in [0.15, 0.2) is 53.1 Å². The second-order valence-electron chi connectivity index (χ2n) is 8.38. The molecule has 5 rings (SSSR count). The number of halogens is 3. The van der Waals surface area contributed by atoms with Crippen LogP contribution in [-0.4, -0.2) is 51.0 Å². The molecule has 2 aliphatic heterocycles. The van der Waals surface area contributed by atoms with Gasteiger partial charge in [-0.25, -0.2) is 4.79 Å². The van der Waals surface area contributed by atoms with Gasteiger partial charge in [-0.1, -0.05) is 47.6 Å². The van der Waals surface area contributed by atoms with Gasteiger partial charge in [0.05, 0.1) is 0 Å². The minimum atomic E-state index is -4.75. The first-order valence-corrected chi connectivity index (χ1v) is 10.7. The second-order valence-corrected chi connectivity index (χ2v) is 8.38. The number of hydrogen-bond donors (Lipinski definition) is 1. The number of primary amides is 1. The van der Waals surface area contributed by atoms with Gasteiger partial charge < -0.3 is 20.1 Å². The average molecular weight is 471 g/mol. The van der Waals surface area contributed by atoms with E-state index >= 15 is 0 Å². The Morgan fingerprint density at radius 1 is 1.15 bits per heavy atom. The van der Waals surface area contributed by atoms with Crippen molar-refractivity contribution in [3.05, 3.63) is 71.1 Å². The van der Waals surface area contributed by atoms with Crippen LogP contribution in [0, 0.1) is 0 Å². The van der Waals surface area contributed by atoms with Gasteiger partial charge in [0.1, 0.15) is 0 Å². The highest BCUT2D eigenvalue weighted by Crippen LogP contribution is 2.37. The lowest BCUT2D eigenvalue weighted by molar-refractivity contribution is -0.159. The van der Waals surface area contributed by atoms with Crippen LogP contribution in [-0.2, 0) is 12.7 Å². The summed E-state index contributed by atoms with van der Waals surface area (Å²) in [5.74, 6) is -2.04. The van der Waals surface area contributed by atoms with Crippen LogP contribution in [0.5, 0.6) is 0 Å². The number of hydrogen-bond acceptors (Lipinski definition) is 5. The van der Waals surface area contributed by atoms with E-state index in [1.165, 1.54) is 6.07 Å². The van der Waals surface area contributed by atoms with Crippen LogP contribution in [0.1, 0.15) is 39.7 Å². The van der Waals surface area contributed by atoms with Crippen molar-refractivity contribution in [1.29, 1.82) is 0 Å². The summed E-state index contributed by atoms with van der Waals surface area (Å²) in [6.45, 7) is 1.18. The van der Waals surface area contributed by atoms with Gasteiger partial charge in [-0.2, -0.15) is 18.2 Å². The second kappa shape index (κ2) is 8.15. The Morgan fingerprint density at radius 2 is 1.91 bits per heavy atom. The maximum Gasteiger partial charge on any atom is 0.471 e. The lowest BCUT2D eigenvalue weighted by Gasteiger charge is -2.42. The summed E-state index contributed by atoms with van der Waals surface area (Å²) in [4.78, 5) is 32.0. The standard InChI is InChI=1S/C23H20F3N5O3/c24-23(25,26)21-28-19(29-34-21)14-6-7-15-11-31(20(32)16(15)10-14)18-8-9-30(22(27)33)12-17(18)13-4-2-1-3-5-13/h1-7,10,17-18H,8-9,11-12H2,(H2,27,33)/t17?,18-/m1/s1. The summed E-state index contributed by atoms with van der Waals surface area (Å²) in [5, 5.41) is 3.41. The summed E-state index contributed by atoms with van der Waals surface area (Å²) in [5.41, 5.74) is 7.93. The molecule has 1 unspecified atom stereocenters. The quantitative estimate of drug-likeness (QED) is 0.628. The van der Waals surface area contributed by atoms with Crippen LogP contribution in [0.25, 0.3) is 11.4 Å². The van der Waals surface area contributed by atoms with Crippen molar-refractivity contribution >= 4 is 11.9 Å². The number of carbonyl (C=O) groups is 2. The topological polar surface area (TPSA) is 106 Å². The van der Waals surface area contributed by atoms with Gasteiger partial charge in [-0.15, -0.1) is 0 Å². The molecule has 2 atom stereocenters. The normalized spacial score (nSPS) is 20.5. The van der Waals surface area contributed by atoms with Crippen molar-refractivity contribution in [2.24, 2.45) is 5.73 Å². The molecule has 3 aromatic rings. The van der Waals surface area contributed by atoms with Gasteiger partial charge in [0, 0.05) is 42.7 Å². The Hall–Kier alpha value is -3.89. The van der Waals surface area contributed by atoms with E-state index < -0.39 is 18.1 Å². The lowest BCUT2D eigenvalue weighted by atomic mass is 9.85. The van der Waals surface area contributed by atoms with Gasteiger partial charge in [0.2, 0.25) is 5.82 Å². The maximum absolute atomic E-state index is 13.4. The van der Waals surface area contributed by atoms with Crippen LogP contribution >= 0.6 is 0 Å². The molecule has 0 saturated carbocycles. The number of alkyl halides is 3. The molecule has 8 nitrogen and oxygen atoms in total. The molecule has 0 spiro atoms. The zero-order valence-electron chi connectivity index (χ0n) is 17.8. The minimum absolute atomic E-state index is 0.133. The molecule has 0 aliphatic carbocycles. The SMILES string of the molecule is NC(=O)N1CC[C@@H](N2Cc3ccc(-c4noc(C(F)(F)F)n4)cc3C2=O)C(c2ccccc2)C1. The Kier molecular flexibility index (Phi) is 5.26. The smallest absolute Gasteiger partial charge is 0.351 e. The highest BCUT2D eigenvalue weighted by atomic mass is 19.4. The first kappa shape index (κ1) is 21.9. The molecule has 1 saturated heterocycles. The van der Waals surface area contributed by atoms with Crippen molar-refractivity contribution in [2.45, 2.75) is 31.1 Å². The fraction of sp³-hybridized carbons (Fsp3) is 0.304. The molecule has 2 aromatic carbocycles. The molecular weight excluding hydrogens is 451 g/mol. The molecule has 3 heterocycles. The number of fused-ring (bicyclic) bond motifs is 1. The van der Waals surface area contributed by atoms with E-state index in [0.29, 0.717) is 31.6 Å². The van der Waals surface area contributed by atoms with Gasteiger partial charge in [-0.3, -0.25) is 4.79 Å². The molecule has 1 fully saturated rings. The number of nitrogens with zero attached hydrogens (tertiary/aromatic N) is 4. The minimum Gasteiger partial charge on any atom is -0.351 e. The van der Waals surface area contributed by atoms with Crippen molar-refractivity contribution < 1.29 is 27.3 Å². The number of carbonyl (C=O) groups excluding carboxylic acids is 2. The molecule has 2 N–H and O–H groups in total. The first-order chi connectivity index (χ1) is 16.2. The molecule has 2 aliphatic rings. The van der Waals surface area contributed by atoms with E-state index in [2.05, 4.69) is 14.7 Å². The summed E-state index contributed by atoms with van der Waals surface area (Å²) in [6.07, 6.45) is -4.20. The van der Waals surface area contributed by atoms with Gasteiger partial charge in [-0.05, 0) is 23.6 Å². The van der Waals surface area contributed by atoms with E-state index in [9.17, 15) is 22.8 Å². The predicted octanol–water partition coefficient (Wildman–Crippen LogP) is 3.65. The number of likely N-dealkylation sites (tertiary alicyclic amines) is 1. The first-order valence-electron chi connectivity index (χ1n) is 10.7. The van der Waals surface area contributed by atoms with Gasteiger partial charge >= 0.3 is 18.1 Å². The Bertz CT molecular complexity index is 1240. The fourth-order valence-corrected chi connectivity index (χ4v) is 4.73. The number of rotatable bonds is 3. The number of benzene rings is 2. The zero-order valence-corrected chi connectivity index (χ0v) is 17.8. The number of nitrogens with two attached hydrogens (primary N) is 1. The zero-order chi connectivity index (χ0) is 24.0. The van der Waals surface area contributed by atoms with E-state index in [0.717, 1.165) is 11.1 Å². The van der Waals surface area contributed by atoms with Crippen molar-refractivity contribution in [2.75, 3.05) is 13.1 Å². The van der Waals surface area contributed by atoms with E-state index in [1.807, 2.05) is 30.3 Å². The summed E-state index contributed by atoms with van der Waals surface area (Å²) in [7, 11) is 0. The molecule has 0 bridgehead atoms. The van der Waals surface area contributed by atoms with Crippen LogP contribution < -0.4 is 5.73 Å². The molecule has 3 amide bonds. The predicted molar refractivity (Wildman–Crippen MR) is 113 cm³/mol. The van der Waals surface area contributed by atoms with E-state index in [4.69, 9.17) is 5.73 Å². The third-order valence-electron chi connectivity index (χ3n) is 6.38. The molecule has 1 aromatic heterocycles. The van der Waals surface area contributed by atoms with E-state index in [1.54, 1.807) is 21.9 Å². The highest BCUT2D eigenvalue weighted by molar-refractivity contribution is 5.99. The summed E-state index contributed by atoms with van der Waals surface area (Å²) < 4.78 is 42.8. The molecular formula is C23H20F3N5O3. The number of urea groups is 1. The maximum atomic E-state index is 13.4. The summed E-state index contributed by atoms with van der Waals surface area (Å²) in [6, 6.07) is 13.7. The molecule has 34 heavy (non-hydrogen) atoms. The van der Waals surface area contributed by atoms with Crippen molar-refractivity contribution in [3.8, 4) is 11.4 Å². The highest BCUT2D eigenvalue weighted by Gasteiger charge is 2.41. The Morgan fingerprint density at radius 3 is 2.59 bits per heavy atom. The van der Waals surface area contributed by atoms with Crippen molar-refractivity contribution in [1.82, 2.24) is 19.9 Å². The fourth-order valence-electron chi connectivity index (χ4n) is 4.73. The lowest BCUT2D eigenvalue weighted by Crippen LogP contribution is -2.52. The van der Waals surface area contributed by atoms with Gasteiger partial charge in [0.25, 0.3) is 5.91 Å². The summed E-state index contributed by atoms with van der Waals surface area (Å²) >= 11 is 0. The third-order valence-corrected chi connectivity index (χ3v) is 6.38. The van der Waals surface area contributed by atoms with E-state index in [-0.39, 0.29) is 29.3 Å². The number of piperidine rings is 1. The van der Waals surface area contributed by atoms with Crippen LogP contribution in [0.3, 0.4) is 0 Å². The van der Waals surface area contributed by atoms with Gasteiger partial charge in [0.15, 0.2) is 0 Å².